The Morgan fingerprint density at radius 2 is 1.97 bits per heavy atom. The van der Waals surface area contributed by atoms with Crippen molar-refractivity contribution in [1.29, 1.82) is 0 Å². The van der Waals surface area contributed by atoms with Crippen LogP contribution in [-0.4, -0.2) is 46.3 Å². The van der Waals surface area contributed by atoms with E-state index < -0.39 is 0 Å². The number of aromatic nitrogens is 2. The lowest BCUT2D eigenvalue weighted by Crippen LogP contribution is -2.39. The first kappa shape index (κ1) is 21.9. The van der Waals surface area contributed by atoms with Crippen molar-refractivity contribution >= 4 is 39.2 Å². The molecule has 1 fully saturated rings. The van der Waals surface area contributed by atoms with Gasteiger partial charge in [0.25, 0.3) is 5.56 Å². The minimum Gasteiger partial charge on any atom is -0.497 e. The summed E-state index contributed by atoms with van der Waals surface area (Å²) in [4.78, 5) is 32.6. The number of methoxy groups -OCH3 is 1. The van der Waals surface area contributed by atoms with Gasteiger partial charge in [0.2, 0.25) is 5.91 Å². The monoisotopic (exact) mass is 457 g/mol. The van der Waals surface area contributed by atoms with Gasteiger partial charge < -0.3 is 9.64 Å². The highest BCUT2D eigenvalue weighted by Gasteiger charge is 2.23. The first-order chi connectivity index (χ1) is 15.1. The fraction of sp³-hybridized carbons (Fsp3) is 0.435. The zero-order valence-corrected chi connectivity index (χ0v) is 19.5. The number of hydrogen-bond donors (Lipinski definition) is 0. The molecule has 4 rings (SSSR count). The van der Waals surface area contributed by atoms with Crippen LogP contribution in [-0.2, 0) is 11.3 Å². The molecule has 2 heterocycles. The molecule has 1 aliphatic rings. The van der Waals surface area contributed by atoms with Crippen LogP contribution in [0, 0.1) is 0 Å². The molecule has 2 aromatic heterocycles. The van der Waals surface area contributed by atoms with Crippen LogP contribution in [0.15, 0.2) is 45.7 Å². The SMILES string of the molecule is COc1ccc(Cn2c(SCC(=O)N(C)C3CCCCC3)nc3ccsc3c2=O)cc1. The molecule has 3 aromatic rings. The predicted molar refractivity (Wildman–Crippen MR) is 126 cm³/mol. The Balaban J connectivity index is 1.56. The highest BCUT2D eigenvalue weighted by molar-refractivity contribution is 7.99. The average Bonchev–Trinajstić information content (AvgIpc) is 3.29. The Hall–Kier alpha value is -2.32. The maximum Gasteiger partial charge on any atom is 0.272 e. The van der Waals surface area contributed by atoms with E-state index in [9.17, 15) is 9.59 Å². The molecule has 164 valence electrons. The lowest BCUT2D eigenvalue weighted by atomic mass is 9.94. The molecule has 0 N–H and O–H groups in total. The molecule has 0 aliphatic heterocycles. The second-order valence-corrected chi connectivity index (χ2v) is 9.71. The zero-order valence-electron chi connectivity index (χ0n) is 17.9. The highest BCUT2D eigenvalue weighted by atomic mass is 32.2. The summed E-state index contributed by atoms with van der Waals surface area (Å²) in [6.07, 6.45) is 5.79. The Bertz CT molecular complexity index is 1100. The number of thiophene rings is 1. The molecule has 1 aliphatic carbocycles. The molecule has 1 saturated carbocycles. The second kappa shape index (κ2) is 9.87. The molecule has 0 atom stereocenters. The van der Waals surface area contributed by atoms with Gasteiger partial charge in [0.05, 0.1) is 24.9 Å². The van der Waals surface area contributed by atoms with Gasteiger partial charge in [-0.15, -0.1) is 11.3 Å². The number of carbonyl (C=O) groups is 1. The molecule has 1 aromatic carbocycles. The molecule has 0 unspecified atom stereocenters. The van der Waals surface area contributed by atoms with Gasteiger partial charge in [-0.3, -0.25) is 14.2 Å². The van der Waals surface area contributed by atoms with Crippen molar-refractivity contribution in [3.8, 4) is 5.75 Å². The third kappa shape index (κ3) is 4.96. The van der Waals surface area contributed by atoms with Gasteiger partial charge in [-0.05, 0) is 42.0 Å². The summed E-state index contributed by atoms with van der Waals surface area (Å²) in [6.45, 7) is 0.401. The molecular weight excluding hydrogens is 430 g/mol. The van der Waals surface area contributed by atoms with Crippen molar-refractivity contribution in [2.45, 2.75) is 49.8 Å². The maximum atomic E-state index is 13.2. The molecule has 0 radical (unpaired) electrons. The fourth-order valence-corrected chi connectivity index (χ4v) is 5.69. The van der Waals surface area contributed by atoms with E-state index in [0.29, 0.717) is 28.0 Å². The van der Waals surface area contributed by atoms with E-state index in [-0.39, 0.29) is 17.2 Å². The quantitative estimate of drug-likeness (QED) is 0.389. The molecule has 8 heteroatoms. The van der Waals surface area contributed by atoms with E-state index in [1.807, 2.05) is 47.7 Å². The van der Waals surface area contributed by atoms with Crippen LogP contribution in [0.25, 0.3) is 10.2 Å². The lowest BCUT2D eigenvalue weighted by Gasteiger charge is -2.31. The van der Waals surface area contributed by atoms with Crippen LogP contribution < -0.4 is 10.3 Å². The zero-order chi connectivity index (χ0) is 21.8. The first-order valence-electron chi connectivity index (χ1n) is 10.6. The molecule has 0 saturated heterocycles. The Morgan fingerprint density at radius 1 is 1.23 bits per heavy atom. The number of ether oxygens (including phenoxy) is 1. The van der Waals surface area contributed by atoms with Crippen LogP contribution in [0.3, 0.4) is 0 Å². The fourth-order valence-electron chi connectivity index (χ4n) is 3.99. The summed E-state index contributed by atoms with van der Waals surface area (Å²) in [5, 5.41) is 2.46. The summed E-state index contributed by atoms with van der Waals surface area (Å²) in [7, 11) is 3.53. The van der Waals surface area contributed by atoms with Crippen molar-refractivity contribution in [1.82, 2.24) is 14.5 Å². The molecule has 1 amide bonds. The third-order valence-electron chi connectivity index (χ3n) is 5.87. The number of benzene rings is 1. The number of hydrogen-bond acceptors (Lipinski definition) is 6. The van der Waals surface area contributed by atoms with E-state index >= 15 is 0 Å². The second-order valence-electron chi connectivity index (χ2n) is 7.85. The molecular formula is C23H27N3O3S2. The van der Waals surface area contributed by atoms with Crippen LogP contribution >= 0.6 is 23.1 Å². The van der Waals surface area contributed by atoms with Crippen molar-refractivity contribution in [3.63, 3.8) is 0 Å². The molecule has 0 spiro atoms. The van der Waals surface area contributed by atoms with Crippen molar-refractivity contribution in [2.75, 3.05) is 19.9 Å². The van der Waals surface area contributed by atoms with E-state index in [0.717, 1.165) is 24.2 Å². The van der Waals surface area contributed by atoms with Crippen LogP contribution in [0.2, 0.25) is 0 Å². The van der Waals surface area contributed by atoms with Crippen molar-refractivity contribution in [2.24, 2.45) is 0 Å². The summed E-state index contributed by atoms with van der Waals surface area (Å²) in [5.41, 5.74) is 1.61. The number of carbonyl (C=O) groups excluding carboxylic acids is 1. The number of rotatable bonds is 7. The minimum atomic E-state index is -0.0635. The largest absolute Gasteiger partial charge is 0.497 e. The van der Waals surface area contributed by atoms with Crippen molar-refractivity contribution < 1.29 is 9.53 Å². The number of fused-ring (bicyclic) bond motifs is 1. The summed E-state index contributed by atoms with van der Waals surface area (Å²) >= 11 is 2.75. The van der Waals surface area contributed by atoms with Gasteiger partial charge in [-0.1, -0.05) is 43.2 Å². The van der Waals surface area contributed by atoms with Gasteiger partial charge in [-0.25, -0.2) is 4.98 Å². The topological polar surface area (TPSA) is 64.4 Å². The summed E-state index contributed by atoms with van der Waals surface area (Å²) in [5.74, 6) is 1.14. The van der Waals surface area contributed by atoms with E-state index in [1.165, 1.54) is 42.4 Å². The van der Waals surface area contributed by atoms with Gasteiger partial charge in [-0.2, -0.15) is 0 Å². The smallest absolute Gasteiger partial charge is 0.272 e. The normalized spacial score (nSPS) is 14.6. The third-order valence-corrected chi connectivity index (χ3v) is 7.72. The average molecular weight is 458 g/mol. The molecule has 0 bridgehead atoms. The predicted octanol–water partition coefficient (Wildman–Crippen LogP) is 4.40. The maximum absolute atomic E-state index is 13.2. The van der Waals surface area contributed by atoms with E-state index in [2.05, 4.69) is 0 Å². The van der Waals surface area contributed by atoms with Gasteiger partial charge in [0.1, 0.15) is 10.4 Å². The summed E-state index contributed by atoms with van der Waals surface area (Å²) in [6, 6.07) is 9.84. The lowest BCUT2D eigenvalue weighted by molar-refractivity contribution is -0.129. The van der Waals surface area contributed by atoms with Crippen LogP contribution in [0.1, 0.15) is 37.7 Å². The molecule has 6 nitrogen and oxygen atoms in total. The summed E-state index contributed by atoms with van der Waals surface area (Å²) < 4.78 is 7.55. The van der Waals surface area contributed by atoms with Crippen LogP contribution in [0.5, 0.6) is 5.75 Å². The molecule has 31 heavy (non-hydrogen) atoms. The van der Waals surface area contributed by atoms with Crippen molar-refractivity contribution in [3.05, 3.63) is 51.6 Å². The first-order valence-corrected chi connectivity index (χ1v) is 12.4. The highest BCUT2D eigenvalue weighted by Crippen LogP contribution is 2.25. The number of nitrogens with zero attached hydrogens (tertiary/aromatic N) is 3. The number of amides is 1. The number of thioether (sulfide) groups is 1. The van der Waals surface area contributed by atoms with E-state index in [4.69, 9.17) is 9.72 Å². The van der Waals surface area contributed by atoms with Gasteiger partial charge in [0, 0.05) is 13.1 Å². The van der Waals surface area contributed by atoms with Gasteiger partial charge >= 0.3 is 0 Å². The Labute approximate surface area is 190 Å². The Morgan fingerprint density at radius 3 is 2.68 bits per heavy atom. The van der Waals surface area contributed by atoms with Crippen LogP contribution in [0.4, 0.5) is 0 Å². The Kier molecular flexibility index (Phi) is 6.97. The van der Waals surface area contributed by atoms with E-state index in [1.54, 1.807) is 11.7 Å². The minimum absolute atomic E-state index is 0.0635. The standard InChI is InChI=1S/C23H27N3O3S2/c1-25(17-6-4-3-5-7-17)20(27)15-31-23-24-19-12-13-30-21(19)22(28)26(23)14-16-8-10-18(29-2)11-9-16/h8-13,17H,3-7,14-15H2,1-2H3. The van der Waals surface area contributed by atoms with Gasteiger partial charge in [0.15, 0.2) is 5.16 Å².